The zero-order chi connectivity index (χ0) is 16.0. The molecule has 0 bridgehead atoms. The summed E-state index contributed by atoms with van der Waals surface area (Å²) in [6.07, 6.45) is -4.73. The maximum atomic E-state index is 13.7. The number of hydrogen-bond donors (Lipinski definition) is 1. The summed E-state index contributed by atoms with van der Waals surface area (Å²) in [5.41, 5.74) is -0.726. The normalized spacial score (nSPS) is 16.8. The highest BCUT2D eigenvalue weighted by molar-refractivity contribution is 5.97. The molecule has 0 unspecified atom stereocenters. The van der Waals surface area contributed by atoms with E-state index in [1.54, 1.807) is 0 Å². The summed E-state index contributed by atoms with van der Waals surface area (Å²) >= 11 is 0. The summed E-state index contributed by atoms with van der Waals surface area (Å²) in [5.74, 6) is -6.17. The Hall–Kier alpha value is -2.19. The zero-order valence-electron chi connectivity index (χ0n) is 10.9. The van der Waals surface area contributed by atoms with E-state index in [-0.39, 0.29) is 0 Å². The number of phenols is 1. The van der Waals surface area contributed by atoms with E-state index in [1.165, 1.54) is 13.8 Å². The third-order valence-corrected chi connectivity index (χ3v) is 2.44. The van der Waals surface area contributed by atoms with Crippen molar-refractivity contribution in [2.24, 2.45) is 0 Å². The first-order chi connectivity index (χ1) is 9.50. The summed E-state index contributed by atoms with van der Waals surface area (Å²) in [6.45, 7) is 0.873. The minimum absolute atomic E-state index is 0.491. The van der Waals surface area contributed by atoms with Gasteiger partial charge in [-0.1, -0.05) is 0 Å². The Balaban J connectivity index is 2.50. The maximum absolute atomic E-state index is 13.7. The van der Waals surface area contributed by atoms with Crippen LogP contribution in [0.15, 0.2) is 6.07 Å². The highest BCUT2D eigenvalue weighted by Crippen LogP contribution is 2.44. The van der Waals surface area contributed by atoms with Gasteiger partial charge in [0.05, 0.1) is 0 Å². The molecule has 5 nitrogen and oxygen atoms in total. The molecule has 1 heterocycles. The molecule has 1 aromatic carbocycles. The maximum Gasteiger partial charge on any atom is 0.422 e. The first-order valence-electron chi connectivity index (χ1n) is 5.67. The Kier molecular flexibility index (Phi) is 3.38. The van der Waals surface area contributed by atoms with Crippen molar-refractivity contribution in [2.45, 2.75) is 25.8 Å². The van der Waals surface area contributed by atoms with Crippen LogP contribution in [-0.2, 0) is 4.74 Å². The fraction of sp³-hybridized carbons (Fsp3) is 0.417. The van der Waals surface area contributed by atoms with E-state index in [0.717, 1.165) is 0 Å². The van der Waals surface area contributed by atoms with Crippen molar-refractivity contribution in [1.82, 2.24) is 0 Å². The Labute approximate surface area is 116 Å². The second kappa shape index (κ2) is 4.68. The van der Waals surface area contributed by atoms with E-state index < -0.39 is 53.2 Å². The Morgan fingerprint density at radius 2 is 1.95 bits per heavy atom. The monoisotopic (exact) mass is 310 g/mol. The molecule has 1 N–H and O–H groups in total. The molecule has 0 aromatic heterocycles. The van der Waals surface area contributed by atoms with Crippen molar-refractivity contribution < 1.29 is 41.7 Å². The molecule has 0 fully saturated rings. The predicted molar refractivity (Wildman–Crippen MR) is 59.7 cm³/mol. The molecule has 0 amide bonds. The van der Waals surface area contributed by atoms with Crippen LogP contribution in [0, 0.1) is 5.82 Å². The van der Waals surface area contributed by atoms with Gasteiger partial charge in [0, 0.05) is 19.9 Å². The number of carbonyl (C=O) groups is 1. The van der Waals surface area contributed by atoms with Gasteiger partial charge in [-0.25, -0.2) is 9.18 Å². The Morgan fingerprint density at radius 3 is 2.52 bits per heavy atom. The molecule has 0 aliphatic carbocycles. The van der Waals surface area contributed by atoms with Crippen LogP contribution in [0.2, 0.25) is 0 Å². The number of alkyl halides is 3. The lowest BCUT2D eigenvalue weighted by Gasteiger charge is -2.32. The second-order valence-corrected chi connectivity index (χ2v) is 4.71. The number of fused-ring (bicyclic) bond motifs is 1. The third kappa shape index (κ3) is 3.11. The number of benzene rings is 1. The molecular formula is C12H10F4O5. The lowest BCUT2D eigenvalue weighted by molar-refractivity contribution is -0.155. The quantitative estimate of drug-likeness (QED) is 0.672. The Morgan fingerprint density at radius 1 is 1.33 bits per heavy atom. The van der Waals surface area contributed by atoms with E-state index in [4.69, 9.17) is 9.47 Å². The number of halogens is 4. The molecule has 0 saturated carbocycles. The number of hydrogen-bond acceptors (Lipinski definition) is 5. The molecule has 21 heavy (non-hydrogen) atoms. The molecule has 116 valence electrons. The van der Waals surface area contributed by atoms with Crippen molar-refractivity contribution >= 4 is 5.97 Å². The van der Waals surface area contributed by atoms with Crippen LogP contribution in [0.5, 0.6) is 17.2 Å². The van der Waals surface area contributed by atoms with Crippen LogP contribution in [0.3, 0.4) is 0 Å². The van der Waals surface area contributed by atoms with E-state index in [0.29, 0.717) is 6.07 Å². The highest BCUT2D eigenvalue weighted by atomic mass is 19.4. The van der Waals surface area contributed by atoms with Gasteiger partial charge >= 0.3 is 12.1 Å². The van der Waals surface area contributed by atoms with Gasteiger partial charge < -0.3 is 19.3 Å². The smallest absolute Gasteiger partial charge is 0.422 e. The van der Waals surface area contributed by atoms with E-state index in [2.05, 4.69) is 4.74 Å². The number of carbonyl (C=O) groups excluding carboxylic acids is 1. The Bertz CT molecular complexity index is 594. The van der Waals surface area contributed by atoms with Crippen LogP contribution in [0.25, 0.3) is 0 Å². The number of cyclic esters (lactones) is 1. The van der Waals surface area contributed by atoms with Crippen molar-refractivity contribution in [3.63, 3.8) is 0 Å². The van der Waals surface area contributed by atoms with Gasteiger partial charge in [0.15, 0.2) is 35.2 Å². The molecule has 9 heteroatoms. The van der Waals surface area contributed by atoms with Crippen LogP contribution < -0.4 is 9.47 Å². The minimum atomic E-state index is -4.73. The standard InChI is InChI=1S/C12H10F4O5/c1-11(2)20-9-6(17)3-5(13)8(7(9)10(18)21-11)19-4-12(14,15)16/h3,17H,4H2,1-2H3. The highest BCUT2D eigenvalue weighted by Gasteiger charge is 2.40. The number of aromatic hydroxyl groups is 1. The van der Waals surface area contributed by atoms with Crippen LogP contribution >= 0.6 is 0 Å². The molecule has 0 saturated heterocycles. The topological polar surface area (TPSA) is 65.0 Å². The van der Waals surface area contributed by atoms with E-state index in [9.17, 15) is 27.5 Å². The summed E-state index contributed by atoms with van der Waals surface area (Å²) in [6, 6.07) is 0.499. The van der Waals surface area contributed by atoms with Gasteiger partial charge in [-0.05, 0) is 0 Å². The van der Waals surface area contributed by atoms with E-state index >= 15 is 0 Å². The van der Waals surface area contributed by atoms with Crippen molar-refractivity contribution in [3.05, 3.63) is 17.4 Å². The average molecular weight is 310 g/mol. The fourth-order valence-corrected chi connectivity index (χ4v) is 1.73. The number of ether oxygens (including phenoxy) is 3. The van der Waals surface area contributed by atoms with Crippen molar-refractivity contribution in [3.8, 4) is 17.2 Å². The van der Waals surface area contributed by atoms with Crippen LogP contribution in [0.4, 0.5) is 17.6 Å². The third-order valence-electron chi connectivity index (χ3n) is 2.44. The molecule has 0 spiro atoms. The molecule has 2 rings (SSSR count). The SMILES string of the molecule is CC1(C)OC(=O)c2c(c(O)cc(F)c2OCC(F)(F)F)O1. The largest absolute Gasteiger partial charge is 0.504 e. The number of rotatable bonds is 2. The van der Waals surface area contributed by atoms with Gasteiger partial charge in [0.1, 0.15) is 0 Å². The zero-order valence-corrected chi connectivity index (χ0v) is 10.9. The lowest BCUT2D eigenvalue weighted by Crippen LogP contribution is -2.39. The van der Waals surface area contributed by atoms with Gasteiger partial charge in [-0.15, -0.1) is 0 Å². The molecular weight excluding hydrogens is 300 g/mol. The summed E-state index contributed by atoms with van der Waals surface area (Å²) < 4.78 is 64.4. The minimum Gasteiger partial charge on any atom is -0.504 e. The second-order valence-electron chi connectivity index (χ2n) is 4.71. The van der Waals surface area contributed by atoms with Crippen molar-refractivity contribution in [2.75, 3.05) is 6.61 Å². The summed E-state index contributed by atoms with van der Waals surface area (Å²) in [7, 11) is 0. The molecule has 1 aliphatic heterocycles. The van der Waals surface area contributed by atoms with Gasteiger partial charge in [0.2, 0.25) is 5.79 Å². The first-order valence-corrected chi connectivity index (χ1v) is 5.67. The first kappa shape index (κ1) is 15.2. The number of phenolic OH excluding ortho intramolecular Hbond substituents is 1. The molecule has 0 atom stereocenters. The molecule has 1 aliphatic rings. The van der Waals surface area contributed by atoms with Gasteiger partial charge in [-0.3, -0.25) is 0 Å². The molecule has 0 radical (unpaired) electrons. The van der Waals surface area contributed by atoms with Crippen LogP contribution in [-0.4, -0.2) is 29.6 Å². The van der Waals surface area contributed by atoms with Gasteiger partial charge in [0.25, 0.3) is 0 Å². The van der Waals surface area contributed by atoms with Gasteiger partial charge in [-0.2, -0.15) is 13.2 Å². The lowest BCUT2D eigenvalue weighted by atomic mass is 10.1. The fourth-order valence-electron chi connectivity index (χ4n) is 1.73. The summed E-state index contributed by atoms with van der Waals surface area (Å²) in [4.78, 5) is 11.8. The predicted octanol–water partition coefficient (Wildman–Crippen LogP) is 2.76. The van der Waals surface area contributed by atoms with E-state index in [1.807, 2.05) is 0 Å². The van der Waals surface area contributed by atoms with Crippen molar-refractivity contribution in [1.29, 1.82) is 0 Å². The van der Waals surface area contributed by atoms with Crippen LogP contribution in [0.1, 0.15) is 24.2 Å². The summed E-state index contributed by atoms with van der Waals surface area (Å²) in [5, 5.41) is 9.59. The average Bonchev–Trinajstić information content (AvgIpc) is 2.27. The molecule has 1 aromatic rings. The number of esters is 1.